The molecule has 1 aliphatic heterocycles. The van der Waals surface area contributed by atoms with Crippen LogP contribution in [0, 0.1) is 0 Å². The lowest BCUT2D eigenvalue weighted by Gasteiger charge is -2.25. The van der Waals surface area contributed by atoms with E-state index in [1.807, 2.05) is 0 Å². The molecular weight excluding hydrogens is 210 g/mol. The van der Waals surface area contributed by atoms with Crippen LogP contribution in [-0.4, -0.2) is 39.3 Å². The molecule has 0 radical (unpaired) electrons. The zero-order chi connectivity index (χ0) is 11.4. The Morgan fingerprint density at radius 1 is 1.38 bits per heavy atom. The van der Waals surface area contributed by atoms with Crippen LogP contribution < -0.4 is 5.73 Å². The van der Waals surface area contributed by atoms with Gasteiger partial charge in [0, 0.05) is 6.54 Å². The first-order valence-corrected chi connectivity index (χ1v) is 5.33. The maximum Gasteiger partial charge on any atom is 0.194 e. The van der Waals surface area contributed by atoms with Crippen molar-refractivity contribution in [3.05, 3.63) is 11.4 Å². The van der Waals surface area contributed by atoms with E-state index in [0.717, 1.165) is 13.1 Å². The first-order chi connectivity index (χ1) is 7.81. The Bertz CT molecular complexity index is 370. The highest BCUT2D eigenvalue weighted by molar-refractivity contribution is 5.95. The van der Waals surface area contributed by atoms with Gasteiger partial charge >= 0.3 is 0 Å². The molecule has 1 fully saturated rings. The lowest BCUT2D eigenvalue weighted by Crippen LogP contribution is -2.30. The average Bonchev–Trinajstić information content (AvgIpc) is 2.77. The number of nitrogens with two attached hydrogens (primary N) is 1. The van der Waals surface area contributed by atoms with Crippen molar-refractivity contribution in [2.75, 3.05) is 13.1 Å². The molecule has 3 N–H and O–H groups in total. The van der Waals surface area contributed by atoms with Gasteiger partial charge in [0.2, 0.25) is 0 Å². The van der Waals surface area contributed by atoms with E-state index in [2.05, 4.69) is 25.0 Å². The van der Waals surface area contributed by atoms with Crippen molar-refractivity contribution in [1.29, 1.82) is 0 Å². The van der Waals surface area contributed by atoms with Gasteiger partial charge in [0.15, 0.2) is 11.5 Å². The van der Waals surface area contributed by atoms with Gasteiger partial charge in [-0.15, -0.1) is 0 Å². The summed E-state index contributed by atoms with van der Waals surface area (Å²) in [7, 11) is 0. The molecule has 7 nitrogen and oxygen atoms in total. The van der Waals surface area contributed by atoms with Gasteiger partial charge in [-0.05, 0) is 31.1 Å². The van der Waals surface area contributed by atoms with E-state index in [4.69, 9.17) is 10.9 Å². The van der Waals surface area contributed by atoms with Gasteiger partial charge in [-0.3, -0.25) is 4.90 Å². The van der Waals surface area contributed by atoms with Gasteiger partial charge in [-0.2, -0.15) is 0 Å². The number of hydrogen-bond acceptors (Lipinski definition) is 6. The van der Waals surface area contributed by atoms with Crippen molar-refractivity contribution in [3.8, 4) is 0 Å². The maximum absolute atomic E-state index is 8.58. The summed E-state index contributed by atoms with van der Waals surface area (Å²) in [4.78, 5) is 2.26. The van der Waals surface area contributed by atoms with E-state index >= 15 is 0 Å². The highest BCUT2D eigenvalue weighted by Crippen LogP contribution is 2.13. The minimum absolute atomic E-state index is 0.0618. The fourth-order valence-electron chi connectivity index (χ4n) is 1.88. The Morgan fingerprint density at radius 3 is 2.81 bits per heavy atom. The molecule has 1 aromatic rings. The Morgan fingerprint density at radius 2 is 2.12 bits per heavy atom. The number of oxime groups is 1. The normalized spacial score (nSPS) is 18.9. The fourth-order valence-corrected chi connectivity index (χ4v) is 1.88. The Balaban J connectivity index is 2.06. The van der Waals surface area contributed by atoms with E-state index in [-0.39, 0.29) is 5.84 Å². The van der Waals surface area contributed by atoms with Crippen molar-refractivity contribution in [2.24, 2.45) is 10.9 Å². The van der Waals surface area contributed by atoms with Gasteiger partial charge in [0.1, 0.15) is 5.69 Å². The third-order valence-corrected chi connectivity index (χ3v) is 2.73. The van der Waals surface area contributed by atoms with Gasteiger partial charge in [-0.25, -0.2) is 4.63 Å². The summed E-state index contributed by atoms with van der Waals surface area (Å²) in [6.45, 7) is 2.72. The highest BCUT2D eigenvalue weighted by atomic mass is 16.6. The van der Waals surface area contributed by atoms with Gasteiger partial charge in [0.25, 0.3) is 0 Å². The van der Waals surface area contributed by atoms with Crippen LogP contribution in [-0.2, 0) is 6.54 Å². The smallest absolute Gasteiger partial charge is 0.194 e. The number of rotatable bonds is 3. The van der Waals surface area contributed by atoms with Gasteiger partial charge in [-0.1, -0.05) is 16.7 Å². The molecule has 0 unspecified atom stereocenters. The molecule has 0 amide bonds. The molecule has 88 valence electrons. The molecule has 0 aliphatic carbocycles. The second kappa shape index (κ2) is 4.93. The first kappa shape index (κ1) is 10.9. The second-order valence-electron chi connectivity index (χ2n) is 3.88. The van der Waals surface area contributed by atoms with Crippen molar-refractivity contribution in [2.45, 2.75) is 25.8 Å². The summed E-state index contributed by atoms with van der Waals surface area (Å²) in [6.07, 6.45) is 3.68. The predicted molar refractivity (Wildman–Crippen MR) is 55.9 cm³/mol. The summed E-state index contributed by atoms with van der Waals surface area (Å²) in [5.41, 5.74) is 6.41. The minimum atomic E-state index is -0.0618. The van der Waals surface area contributed by atoms with Crippen LogP contribution in [0.25, 0.3) is 0 Å². The van der Waals surface area contributed by atoms with E-state index < -0.39 is 0 Å². The molecule has 1 saturated heterocycles. The van der Waals surface area contributed by atoms with Crippen molar-refractivity contribution in [3.63, 3.8) is 0 Å². The zero-order valence-electron chi connectivity index (χ0n) is 8.96. The molecule has 0 bridgehead atoms. The quantitative estimate of drug-likeness (QED) is 0.328. The first-order valence-electron chi connectivity index (χ1n) is 5.33. The number of nitrogens with zero attached hydrogens (tertiary/aromatic N) is 4. The fraction of sp³-hybridized carbons (Fsp3) is 0.667. The van der Waals surface area contributed by atoms with E-state index in [1.54, 1.807) is 0 Å². The molecule has 7 heteroatoms. The average molecular weight is 225 g/mol. The van der Waals surface area contributed by atoms with E-state index in [0.29, 0.717) is 17.9 Å². The summed E-state index contributed by atoms with van der Waals surface area (Å²) in [6, 6.07) is 0. The summed E-state index contributed by atoms with van der Waals surface area (Å²) < 4.78 is 4.61. The molecule has 2 rings (SSSR count). The predicted octanol–water partition coefficient (Wildman–Crippen LogP) is 0.150. The van der Waals surface area contributed by atoms with Gasteiger partial charge in [0.05, 0.1) is 0 Å². The Kier molecular flexibility index (Phi) is 3.35. The molecular formula is C9H15N5O2. The topological polar surface area (TPSA) is 101 Å². The molecule has 0 aromatic carbocycles. The summed E-state index contributed by atoms with van der Waals surface area (Å²) in [5, 5.41) is 18.9. The lowest BCUT2D eigenvalue weighted by atomic mass is 10.1. The third-order valence-electron chi connectivity index (χ3n) is 2.73. The molecule has 0 saturated carbocycles. The van der Waals surface area contributed by atoms with Crippen molar-refractivity contribution >= 4 is 5.84 Å². The van der Waals surface area contributed by atoms with Crippen LogP contribution in [0.15, 0.2) is 9.78 Å². The van der Waals surface area contributed by atoms with Crippen LogP contribution in [0.5, 0.6) is 0 Å². The summed E-state index contributed by atoms with van der Waals surface area (Å²) >= 11 is 0. The summed E-state index contributed by atoms with van der Waals surface area (Å²) in [5.74, 6) is -0.0618. The van der Waals surface area contributed by atoms with E-state index in [1.165, 1.54) is 19.3 Å². The van der Waals surface area contributed by atoms with E-state index in [9.17, 15) is 0 Å². The van der Waals surface area contributed by atoms with Crippen LogP contribution in [0.1, 0.15) is 30.7 Å². The monoisotopic (exact) mass is 225 g/mol. The lowest BCUT2D eigenvalue weighted by molar-refractivity contribution is 0.212. The number of piperidine rings is 1. The maximum atomic E-state index is 8.58. The molecule has 0 spiro atoms. The van der Waals surface area contributed by atoms with Crippen LogP contribution in [0.4, 0.5) is 0 Å². The zero-order valence-corrected chi connectivity index (χ0v) is 8.96. The van der Waals surface area contributed by atoms with Crippen LogP contribution >= 0.6 is 0 Å². The Hall–Kier alpha value is -1.63. The molecule has 1 aliphatic rings. The molecule has 1 aromatic heterocycles. The van der Waals surface area contributed by atoms with Crippen molar-refractivity contribution in [1.82, 2.24) is 15.2 Å². The Labute approximate surface area is 92.9 Å². The van der Waals surface area contributed by atoms with Crippen LogP contribution in [0.3, 0.4) is 0 Å². The standard InChI is InChI=1S/C9H15N5O2/c10-9(11-15)8-7(12-16-13-8)6-14-4-2-1-3-5-14/h15H,1-6H2,(H2,10,11). The van der Waals surface area contributed by atoms with Crippen LogP contribution in [0.2, 0.25) is 0 Å². The minimum Gasteiger partial charge on any atom is -0.409 e. The highest BCUT2D eigenvalue weighted by Gasteiger charge is 2.18. The van der Waals surface area contributed by atoms with Gasteiger partial charge < -0.3 is 10.9 Å². The number of hydrogen-bond donors (Lipinski definition) is 2. The molecule has 0 atom stereocenters. The number of aromatic nitrogens is 2. The van der Waals surface area contributed by atoms with Crippen molar-refractivity contribution < 1.29 is 9.84 Å². The third kappa shape index (κ3) is 2.30. The second-order valence-corrected chi connectivity index (χ2v) is 3.88. The molecule has 2 heterocycles. The number of likely N-dealkylation sites (tertiary alicyclic amines) is 1. The number of amidine groups is 1. The molecule has 16 heavy (non-hydrogen) atoms. The SMILES string of the molecule is N/C(=N\O)c1nonc1CN1CCCCC1. The largest absolute Gasteiger partial charge is 0.409 e.